The van der Waals surface area contributed by atoms with Crippen LogP contribution in [0.1, 0.15) is 0 Å². The number of nitrogens with one attached hydrogen (secondary N) is 1. The number of benzene rings is 2. The Morgan fingerprint density at radius 1 is 1.00 bits per heavy atom. The highest BCUT2D eigenvalue weighted by Crippen LogP contribution is 2.35. The number of aromatic nitrogens is 4. The van der Waals surface area contributed by atoms with Gasteiger partial charge in [0.05, 0.1) is 0 Å². The van der Waals surface area contributed by atoms with Crippen LogP contribution in [0, 0.1) is 0 Å². The molecule has 0 bridgehead atoms. The predicted molar refractivity (Wildman–Crippen MR) is 97.2 cm³/mol. The summed E-state index contributed by atoms with van der Waals surface area (Å²) >= 11 is 7.51. The zero-order chi connectivity index (χ0) is 16.4. The zero-order valence-electron chi connectivity index (χ0n) is 12.4. The molecule has 1 N–H and O–H groups in total. The second-order valence-electron chi connectivity index (χ2n) is 5.01. The Labute approximate surface area is 147 Å². The molecule has 118 valence electrons. The van der Waals surface area contributed by atoms with Crippen molar-refractivity contribution >= 4 is 33.8 Å². The quantitative estimate of drug-likeness (QED) is 0.573. The highest BCUT2D eigenvalue weighted by atomic mass is 35.5. The molecular formula is C17H12ClN5S. The van der Waals surface area contributed by atoms with Crippen molar-refractivity contribution < 1.29 is 0 Å². The van der Waals surface area contributed by atoms with Crippen molar-refractivity contribution in [3.63, 3.8) is 0 Å². The molecule has 0 saturated carbocycles. The fourth-order valence-corrected chi connectivity index (χ4v) is 3.34. The third-order valence-corrected chi connectivity index (χ3v) is 4.59. The van der Waals surface area contributed by atoms with Gasteiger partial charge in [-0.1, -0.05) is 53.3 Å². The van der Waals surface area contributed by atoms with E-state index in [-0.39, 0.29) is 0 Å². The molecule has 4 aromatic rings. The number of nitrogens with zero attached hydrogens (tertiary/aromatic N) is 4. The van der Waals surface area contributed by atoms with E-state index in [0.717, 1.165) is 27.1 Å². The van der Waals surface area contributed by atoms with E-state index in [1.54, 1.807) is 11.0 Å². The number of rotatable bonds is 4. The fourth-order valence-electron chi connectivity index (χ4n) is 2.27. The second kappa shape index (κ2) is 6.43. The Kier molecular flexibility index (Phi) is 3.98. The van der Waals surface area contributed by atoms with Crippen LogP contribution < -0.4 is 5.32 Å². The first kappa shape index (κ1) is 14.9. The molecule has 0 saturated heterocycles. The Balaban J connectivity index is 1.77. The lowest BCUT2D eigenvalue weighted by atomic mass is 10.2. The van der Waals surface area contributed by atoms with E-state index >= 15 is 0 Å². The maximum atomic E-state index is 5.99. The van der Waals surface area contributed by atoms with Crippen molar-refractivity contribution in [1.29, 1.82) is 0 Å². The van der Waals surface area contributed by atoms with Crippen molar-refractivity contribution in [3.8, 4) is 16.3 Å². The van der Waals surface area contributed by atoms with Crippen LogP contribution in [0.25, 0.3) is 16.3 Å². The molecule has 2 heterocycles. The Bertz CT molecular complexity index is 933. The van der Waals surface area contributed by atoms with Crippen LogP contribution in [0.4, 0.5) is 10.8 Å². The summed E-state index contributed by atoms with van der Waals surface area (Å²) in [6.45, 7) is 0. The Morgan fingerprint density at radius 3 is 2.50 bits per heavy atom. The molecule has 2 aromatic heterocycles. The van der Waals surface area contributed by atoms with Crippen LogP contribution >= 0.6 is 22.9 Å². The smallest absolute Gasteiger partial charge is 0.189 e. The van der Waals surface area contributed by atoms with Crippen LogP contribution in [-0.4, -0.2) is 19.7 Å². The minimum Gasteiger partial charge on any atom is -0.331 e. The fraction of sp³-hybridized carbons (Fsp3) is 0. The van der Waals surface area contributed by atoms with Crippen molar-refractivity contribution in [2.24, 2.45) is 0 Å². The van der Waals surface area contributed by atoms with Gasteiger partial charge in [0.15, 0.2) is 5.13 Å². The summed E-state index contributed by atoms with van der Waals surface area (Å²) in [5.41, 5.74) is 2.79. The minimum atomic E-state index is 0.693. The Morgan fingerprint density at radius 2 is 1.79 bits per heavy atom. The average Bonchev–Trinajstić information content (AvgIpc) is 3.26. The number of anilines is 2. The van der Waals surface area contributed by atoms with Gasteiger partial charge in [-0.15, -0.1) is 0 Å². The van der Waals surface area contributed by atoms with Gasteiger partial charge in [-0.3, -0.25) is 0 Å². The summed E-state index contributed by atoms with van der Waals surface area (Å²) in [5, 5.41) is 9.94. The molecule has 24 heavy (non-hydrogen) atoms. The van der Waals surface area contributed by atoms with Crippen molar-refractivity contribution in [3.05, 3.63) is 72.3 Å². The van der Waals surface area contributed by atoms with Crippen LogP contribution in [-0.2, 0) is 0 Å². The molecule has 0 aliphatic heterocycles. The van der Waals surface area contributed by atoms with Crippen molar-refractivity contribution in [1.82, 2.24) is 19.7 Å². The van der Waals surface area contributed by atoms with Gasteiger partial charge in [0.2, 0.25) is 0 Å². The maximum Gasteiger partial charge on any atom is 0.189 e. The van der Waals surface area contributed by atoms with Crippen molar-refractivity contribution in [2.45, 2.75) is 0 Å². The highest BCUT2D eigenvalue weighted by Gasteiger charge is 2.15. The summed E-state index contributed by atoms with van der Waals surface area (Å²) in [4.78, 5) is 8.77. The zero-order valence-corrected chi connectivity index (χ0v) is 14.0. The van der Waals surface area contributed by atoms with E-state index in [9.17, 15) is 0 Å². The molecule has 2 aromatic carbocycles. The largest absolute Gasteiger partial charge is 0.331 e. The molecule has 0 unspecified atom stereocenters. The summed E-state index contributed by atoms with van der Waals surface area (Å²) in [7, 11) is 0. The molecule has 0 spiro atoms. The minimum absolute atomic E-state index is 0.693. The maximum absolute atomic E-state index is 5.99. The van der Waals surface area contributed by atoms with Gasteiger partial charge in [-0.05, 0) is 24.3 Å². The first-order valence-corrected chi connectivity index (χ1v) is 8.43. The lowest BCUT2D eigenvalue weighted by Crippen LogP contribution is -1.93. The third kappa shape index (κ3) is 3.02. The third-order valence-electron chi connectivity index (χ3n) is 3.38. The van der Waals surface area contributed by atoms with E-state index in [0.29, 0.717) is 5.02 Å². The standard InChI is InChI=1S/C17H12ClN5S/c18-13-8-6-12(7-9-13)15-16(23-11-19-10-20-23)24-17(22-15)21-14-4-2-1-3-5-14/h1-11H,(H,21,22). The Hall–Kier alpha value is -2.70. The molecule has 0 radical (unpaired) electrons. The molecule has 0 aliphatic rings. The van der Waals surface area contributed by atoms with Gasteiger partial charge in [-0.2, -0.15) is 5.10 Å². The molecule has 4 rings (SSSR count). The van der Waals surface area contributed by atoms with E-state index in [1.165, 1.54) is 17.7 Å². The topological polar surface area (TPSA) is 55.6 Å². The van der Waals surface area contributed by atoms with E-state index in [4.69, 9.17) is 16.6 Å². The number of hydrogen-bond acceptors (Lipinski definition) is 5. The van der Waals surface area contributed by atoms with Gasteiger partial charge in [0.1, 0.15) is 23.3 Å². The van der Waals surface area contributed by atoms with Crippen molar-refractivity contribution in [2.75, 3.05) is 5.32 Å². The monoisotopic (exact) mass is 353 g/mol. The van der Waals surface area contributed by atoms with Crippen LogP contribution in [0.2, 0.25) is 5.02 Å². The average molecular weight is 354 g/mol. The van der Waals surface area contributed by atoms with Gasteiger partial charge >= 0.3 is 0 Å². The number of hydrogen-bond donors (Lipinski definition) is 1. The van der Waals surface area contributed by atoms with Gasteiger partial charge < -0.3 is 5.32 Å². The predicted octanol–water partition coefficient (Wildman–Crippen LogP) is 4.79. The lowest BCUT2D eigenvalue weighted by molar-refractivity contribution is 0.895. The van der Waals surface area contributed by atoms with Crippen LogP contribution in [0.3, 0.4) is 0 Å². The van der Waals surface area contributed by atoms with Crippen LogP contribution in [0.15, 0.2) is 67.3 Å². The molecule has 5 nitrogen and oxygen atoms in total. The number of thiazole rings is 1. The molecule has 0 atom stereocenters. The lowest BCUT2D eigenvalue weighted by Gasteiger charge is -2.01. The second-order valence-corrected chi connectivity index (χ2v) is 6.42. The molecule has 0 fully saturated rings. The SMILES string of the molecule is Clc1ccc(-c2nc(Nc3ccccc3)sc2-n2cncn2)cc1. The molecule has 0 amide bonds. The van der Waals surface area contributed by atoms with Gasteiger partial charge in [0.25, 0.3) is 0 Å². The molecule has 0 aliphatic carbocycles. The van der Waals surface area contributed by atoms with Gasteiger partial charge in [0, 0.05) is 16.3 Å². The normalized spacial score (nSPS) is 10.7. The number of halogens is 1. The van der Waals surface area contributed by atoms with E-state index in [2.05, 4.69) is 15.4 Å². The molecular weight excluding hydrogens is 342 g/mol. The first-order valence-electron chi connectivity index (χ1n) is 7.23. The summed E-state index contributed by atoms with van der Waals surface area (Å²) in [6, 6.07) is 17.5. The summed E-state index contributed by atoms with van der Waals surface area (Å²) in [6.07, 6.45) is 3.18. The highest BCUT2D eigenvalue weighted by molar-refractivity contribution is 7.18. The van der Waals surface area contributed by atoms with Gasteiger partial charge in [-0.25, -0.2) is 14.6 Å². The van der Waals surface area contributed by atoms with Crippen LogP contribution in [0.5, 0.6) is 0 Å². The number of para-hydroxylation sites is 1. The van der Waals surface area contributed by atoms with E-state index < -0.39 is 0 Å². The summed E-state index contributed by atoms with van der Waals surface area (Å²) < 4.78 is 1.72. The van der Waals surface area contributed by atoms with E-state index in [1.807, 2.05) is 54.6 Å². The molecule has 7 heteroatoms. The summed E-state index contributed by atoms with van der Waals surface area (Å²) in [5.74, 6) is 0. The first-order chi connectivity index (χ1) is 11.8.